The summed E-state index contributed by atoms with van der Waals surface area (Å²) in [5, 5.41) is 11.2. The van der Waals surface area contributed by atoms with Gasteiger partial charge in [-0.1, -0.05) is 36.4 Å². The van der Waals surface area contributed by atoms with Gasteiger partial charge in [0.25, 0.3) is 5.82 Å². The van der Waals surface area contributed by atoms with E-state index in [0.717, 1.165) is 11.8 Å². The standard InChI is InChI=1S/C17H14ClF3N4O2S/c1-2-28-16-24-23-15(17(19,20)21)25(16)22-9-13-6-7-14(27-13)10-26-12-5-3-4-11(18)8-12/h3-9H,2,10H2,1H3/b22-9+. The second-order valence-corrected chi connectivity index (χ2v) is 7.01. The minimum absolute atomic E-state index is 0.0437. The molecule has 3 aromatic rings. The quantitative estimate of drug-likeness (QED) is 0.384. The third-order valence-corrected chi connectivity index (χ3v) is 4.34. The predicted molar refractivity (Wildman–Crippen MR) is 98.9 cm³/mol. The lowest BCUT2D eigenvalue weighted by Gasteiger charge is -2.05. The van der Waals surface area contributed by atoms with Crippen LogP contribution in [0.4, 0.5) is 13.2 Å². The molecule has 2 heterocycles. The van der Waals surface area contributed by atoms with Gasteiger partial charge in [-0.25, -0.2) is 0 Å². The Balaban J connectivity index is 1.72. The fraction of sp³-hybridized carbons (Fsp3) is 0.235. The van der Waals surface area contributed by atoms with Crippen molar-refractivity contribution in [2.45, 2.75) is 24.9 Å². The summed E-state index contributed by atoms with van der Waals surface area (Å²) in [5.74, 6) is 0.635. The minimum Gasteiger partial charge on any atom is -0.486 e. The van der Waals surface area contributed by atoms with Crippen molar-refractivity contribution in [3.63, 3.8) is 0 Å². The molecule has 6 nitrogen and oxygen atoms in total. The number of alkyl halides is 3. The average Bonchev–Trinajstić information content (AvgIpc) is 3.25. The first-order valence-corrected chi connectivity index (χ1v) is 9.40. The third kappa shape index (κ3) is 5.08. The highest BCUT2D eigenvalue weighted by atomic mass is 35.5. The van der Waals surface area contributed by atoms with Gasteiger partial charge in [0.2, 0.25) is 5.16 Å². The van der Waals surface area contributed by atoms with Crippen LogP contribution < -0.4 is 4.74 Å². The summed E-state index contributed by atoms with van der Waals surface area (Å²) in [6.45, 7) is 1.92. The largest absolute Gasteiger partial charge is 0.486 e. The fourth-order valence-electron chi connectivity index (χ4n) is 2.13. The molecule has 0 aliphatic rings. The van der Waals surface area contributed by atoms with Gasteiger partial charge in [0.15, 0.2) is 0 Å². The topological polar surface area (TPSA) is 65.4 Å². The molecule has 0 atom stereocenters. The van der Waals surface area contributed by atoms with Crippen molar-refractivity contribution in [3.8, 4) is 5.75 Å². The molecule has 148 valence electrons. The number of hydrogen-bond acceptors (Lipinski definition) is 6. The summed E-state index contributed by atoms with van der Waals surface area (Å²) < 4.78 is 50.9. The maximum Gasteiger partial charge on any atom is 0.453 e. The molecule has 1 aromatic carbocycles. The third-order valence-electron chi connectivity index (χ3n) is 3.30. The molecule has 2 aromatic heterocycles. The normalized spacial score (nSPS) is 12.0. The maximum absolute atomic E-state index is 13.1. The number of aromatic nitrogens is 3. The molecule has 0 fully saturated rings. The molecular formula is C17H14ClF3N4O2S. The van der Waals surface area contributed by atoms with E-state index >= 15 is 0 Å². The highest BCUT2D eigenvalue weighted by molar-refractivity contribution is 7.99. The molecule has 0 aliphatic carbocycles. The Morgan fingerprint density at radius 2 is 2.11 bits per heavy atom. The average molecular weight is 431 g/mol. The molecule has 3 rings (SSSR count). The van der Waals surface area contributed by atoms with E-state index in [0.29, 0.717) is 27.0 Å². The molecule has 0 amide bonds. The Morgan fingerprint density at radius 1 is 1.29 bits per heavy atom. The Labute approximate surface area is 167 Å². The minimum atomic E-state index is -4.67. The van der Waals surface area contributed by atoms with Crippen LogP contribution in [0.1, 0.15) is 24.3 Å². The molecule has 0 aliphatic heterocycles. The zero-order chi connectivity index (χ0) is 20.1. The van der Waals surface area contributed by atoms with Gasteiger partial charge in [0.1, 0.15) is 23.9 Å². The van der Waals surface area contributed by atoms with Crippen LogP contribution in [-0.2, 0) is 12.8 Å². The zero-order valence-electron chi connectivity index (χ0n) is 14.5. The van der Waals surface area contributed by atoms with Crippen LogP contribution in [0, 0.1) is 0 Å². The highest BCUT2D eigenvalue weighted by Gasteiger charge is 2.38. The van der Waals surface area contributed by atoms with E-state index in [2.05, 4.69) is 15.3 Å². The van der Waals surface area contributed by atoms with Crippen LogP contribution in [0.5, 0.6) is 5.75 Å². The van der Waals surface area contributed by atoms with Crippen LogP contribution in [0.25, 0.3) is 0 Å². The molecule has 0 unspecified atom stereocenters. The van der Waals surface area contributed by atoms with Gasteiger partial charge < -0.3 is 9.15 Å². The van der Waals surface area contributed by atoms with Crippen LogP contribution in [0.15, 0.2) is 51.1 Å². The SMILES string of the molecule is CCSc1nnc(C(F)(F)F)n1/N=C/c1ccc(COc2cccc(Cl)c2)o1. The summed E-state index contributed by atoms with van der Waals surface area (Å²) in [6.07, 6.45) is -3.50. The van der Waals surface area contributed by atoms with E-state index in [1.54, 1.807) is 43.3 Å². The number of furan rings is 1. The highest BCUT2D eigenvalue weighted by Crippen LogP contribution is 2.30. The summed E-state index contributed by atoms with van der Waals surface area (Å²) in [6, 6.07) is 10.1. The molecule has 0 saturated carbocycles. The second kappa shape index (κ2) is 8.70. The molecule has 11 heteroatoms. The van der Waals surface area contributed by atoms with Crippen molar-refractivity contribution < 1.29 is 22.3 Å². The van der Waals surface area contributed by atoms with Crippen LogP contribution >= 0.6 is 23.4 Å². The van der Waals surface area contributed by atoms with Crippen LogP contribution in [0.3, 0.4) is 0 Å². The summed E-state index contributed by atoms with van der Waals surface area (Å²) in [5.41, 5.74) is 0. The van der Waals surface area contributed by atoms with Gasteiger partial charge >= 0.3 is 6.18 Å². The summed E-state index contributed by atoms with van der Waals surface area (Å²) >= 11 is 6.99. The number of benzene rings is 1. The van der Waals surface area contributed by atoms with E-state index in [-0.39, 0.29) is 17.5 Å². The number of ether oxygens (including phenoxy) is 1. The fourth-order valence-corrected chi connectivity index (χ4v) is 2.93. The first-order valence-electron chi connectivity index (χ1n) is 8.03. The van der Waals surface area contributed by atoms with E-state index < -0.39 is 12.0 Å². The monoisotopic (exact) mass is 430 g/mol. The first-order chi connectivity index (χ1) is 13.4. The van der Waals surface area contributed by atoms with E-state index in [4.69, 9.17) is 20.8 Å². The summed E-state index contributed by atoms with van der Waals surface area (Å²) in [7, 11) is 0. The lowest BCUT2D eigenvalue weighted by Crippen LogP contribution is -2.13. The molecule has 28 heavy (non-hydrogen) atoms. The molecular weight excluding hydrogens is 417 g/mol. The Kier molecular flexibility index (Phi) is 6.30. The van der Waals surface area contributed by atoms with Crippen molar-refractivity contribution in [2.75, 3.05) is 5.75 Å². The molecule has 0 saturated heterocycles. The molecule has 0 spiro atoms. The van der Waals surface area contributed by atoms with Gasteiger partial charge in [-0.15, -0.1) is 10.2 Å². The first kappa shape index (κ1) is 20.3. The van der Waals surface area contributed by atoms with Gasteiger partial charge in [-0.05, 0) is 36.1 Å². The summed E-state index contributed by atoms with van der Waals surface area (Å²) in [4.78, 5) is 0. The maximum atomic E-state index is 13.1. The van der Waals surface area contributed by atoms with E-state index in [9.17, 15) is 13.2 Å². The Morgan fingerprint density at radius 3 is 2.82 bits per heavy atom. The van der Waals surface area contributed by atoms with Gasteiger partial charge in [-0.2, -0.15) is 22.9 Å². The zero-order valence-corrected chi connectivity index (χ0v) is 16.1. The number of halogens is 4. The van der Waals surface area contributed by atoms with Gasteiger partial charge in [0.05, 0.1) is 6.21 Å². The van der Waals surface area contributed by atoms with E-state index in [1.165, 1.54) is 6.21 Å². The van der Waals surface area contributed by atoms with Crippen molar-refractivity contribution in [3.05, 3.63) is 58.8 Å². The molecule has 0 bridgehead atoms. The smallest absolute Gasteiger partial charge is 0.453 e. The Hall–Kier alpha value is -2.46. The van der Waals surface area contributed by atoms with Gasteiger partial charge in [-0.3, -0.25) is 0 Å². The molecule has 0 N–H and O–H groups in total. The van der Waals surface area contributed by atoms with Crippen molar-refractivity contribution >= 4 is 29.6 Å². The second-order valence-electron chi connectivity index (χ2n) is 5.34. The van der Waals surface area contributed by atoms with Crippen molar-refractivity contribution in [2.24, 2.45) is 5.10 Å². The van der Waals surface area contributed by atoms with Gasteiger partial charge in [0, 0.05) is 5.02 Å². The molecule has 0 radical (unpaired) electrons. The van der Waals surface area contributed by atoms with Crippen molar-refractivity contribution in [1.82, 2.24) is 14.9 Å². The van der Waals surface area contributed by atoms with Crippen LogP contribution in [-0.4, -0.2) is 26.8 Å². The van der Waals surface area contributed by atoms with Crippen molar-refractivity contribution in [1.29, 1.82) is 0 Å². The lowest BCUT2D eigenvalue weighted by atomic mass is 10.3. The Bertz CT molecular complexity index is 971. The van der Waals surface area contributed by atoms with Crippen LogP contribution in [0.2, 0.25) is 5.02 Å². The van der Waals surface area contributed by atoms with E-state index in [1.807, 2.05) is 0 Å². The number of nitrogens with zero attached hydrogens (tertiary/aromatic N) is 4. The number of hydrogen-bond donors (Lipinski definition) is 0. The predicted octanol–water partition coefficient (Wildman–Crippen LogP) is 5.12. The lowest BCUT2D eigenvalue weighted by molar-refractivity contribution is -0.147. The number of thioether (sulfide) groups is 1. The number of rotatable bonds is 7.